The summed E-state index contributed by atoms with van der Waals surface area (Å²) >= 11 is 1.50. The monoisotopic (exact) mass is 376 g/mol. The normalized spacial score (nSPS) is 11.9. The number of nitrogens with one attached hydrogen (secondary N) is 1. The fraction of sp³-hybridized carbons (Fsp3) is 0.0909. The van der Waals surface area contributed by atoms with E-state index >= 15 is 0 Å². The van der Waals surface area contributed by atoms with Crippen LogP contribution in [0.4, 0.5) is 0 Å². The summed E-state index contributed by atoms with van der Waals surface area (Å²) in [7, 11) is 0. The number of rotatable bonds is 7. The maximum Gasteiger partial charge on any atom is 0.253 e. The van der Waals surface area contributed by atoms with Gasteiger partial charge in [-0.05, 0) is 48.9 Å². The van der Waals surface area contributed by atoms with Crippen LogP contribution in [0.1, 0.15) is 12.5 Å². The molecule has 27 heavy (non-hydrogen) atoms. The van der Waals surface area contributed by atoms with Crippen LogP contribution in [0.3, 0.4) is 0 Å². The van der Waals surface area contributed by atoms with Gasteiger partial charge >= 0.3 is 0 Å². The number of thioether (sulfide) groups is 1. The van der Waals surface area contributed by atoms with E-state index in [1.807, 2.05) is 91.9 Å². The molecule has 0 aliphatic rings. The second kappa shape index (κ2) is 9.59. The van der Waals surface area contributed by atoms with E-state index in [4.69, 9.17) is 4.74 Å². The van der Waals surface area contributed by atoms with Crippen molar-refractivity contribution in [1.82, 2.24) is 5.43 Å². The van der Waals surface area contributed by atoms with Crippen molar-refractivity contribution >= 4 is 23.9 Å². The number of hydrazone groups is 1. The molecule has 0 aliphatic carbocycles. The van der Waals surface area contributed by atoms with Crippen LogP contribution in [0.25, 0.3) is 0 Å². The zero-order valence-corrected chi connectivity index (χ0v) is 15.7. The van der Waals surface area contributed by atoms with Gasteiger partial charge < -0.3 is 4.74 Å². The highest BCUT2D eigenvalue weighted by molar-refractivity contribution is 8.00. The summed E-state index contributed by atoms with van der Waals surface area (Å²) < 4.78 is 5.80. The van der Waals surface area contributed by atoms with E-state index < -0.39 is 0 Å². The summed E-state index contributed by atoms with van der Waals surface area (Å²) in [5.41, 5.74) is 3.43. The van der Waals surface area contributed by atoms with Crippen LogP contribution < -0.4 is 10.2 Å². The third kappa shape index (κ3) is 6.01. The molecule has 0 radical (unpaired) electrons. The Hall–Kier alpha value is -3.05. The number of amides is 1. The van der Waals surface area contributed by atoms with Crippen molar-refractivity contribution in [1.29, 1.82) is 0 Å². The molecule has 3 aromatic carbocycles. The molecule has 4 nitrogen and oxygen atoms in total. The molecule has 0 fully saturated rings. The Labute approximate surface area is 163 Å². The molecule has 0 spiro atoms. The minimum Gasteiger partial charge on any atom is -0.457 e. The van der Waals surface area contributed by atoms with Gasteiger partial charge in [0.05, 0.1) is 11.5 Å². The molecule has 0 saturated heterocycles. The van der Waals surface area contributed by atoms with Crippen molar-refractivity contribution in [2.45, 2.75) is 17.1 Å². The molecule has 1 amide bonds. The Morgan fingerprint density at radius 3 is 2.37 bits per heavy atom. The van der Waals surface area contributed by atoms with E-state index in [0.717, 1.165) is 16.2 Å². The highest BCUT2D eigenvalue weighted by Gasteiger charge is 2.13. The van der Waals surface area contributed by atoms with Crippen molar-refractivity contribution in [3.63, 3.8) is 0 Å². The predicted octanol–water partition coefficient (Wildman–Crippen LogP) is 5.11. The summed E-state index contributed by atoms with van der Waals surface area (Å²) in [6, 6.07) is 26.9. The molecule has 1 atom stereocenters. The van der Waals surface area contributed by atoms with Crippen molar-refractivity contribution in [2.75, 3.05) is 0 Å². The van der Waals surface area contributed by atoms with E-state index in [9.17, 15) is 4.79 Å². The number of hydrogen-bond acceptors (Lipinski definition) is 4. The van der Waals surface area contributed by atoms with Gasteiger partial charge in [0.2, 0.25) is 0 Å². The highest BCUT2D eigenvalue weighted by Crippen LogP contribution is 2.23. The number of hydrogen-bond donors (Lipinski definition) is 1. The Balaban J connectivity index is 1.54. The van der Waals surface area contributed by atoms with Gasteiger partial charge in [-0.15, -0.1) is 11.8 Å². The first-order valence-corrected chi connectivity index (χ1v) is 9.46. The first-order chi connectivity index (χ1) is 13.2. The molecule has 5 heteroatoms. The molecule has 3 aromatic rings. The number of ether oxygens (including phenoxy) is 1. The summed E-state index contributed by atoms with van der Waals surface area (Å²) in [5.74, 6) is 1.34. The molecule has 0 bridgehead atoms. The van der Waals surface area contributed by atoms with Crippen LogP contribution in [0.15, 0.2) is 94.9 Å². The maximum absolute atomic E-state index is 12.2. The number of para-hydroxylation sites is 1. The van der Waals surface area contributed by atoms with Gasteiger partial charge in [-0.2, -0.15) is 5.10 Å². The largest absolute Gasteiger partial charge is 0.457 e. The Kier molecular flexibility index (Phi) is 6.66. The lowest BCUT2D eigenvalue weighted by atomic mass is 10.2. The minimum absolute atomic E-state index is 0.142. The molecule has 136 valence electrons. The first-order valence-electron chi connectivity index (χ1n) is 8.58. The maximum atomic E-state index is 12.2. The quantitative estimate of drug-likeness (QED) is 0.354. The Morgan fingerprint density at radius 2 is 1.63 bits per heavy atom. The van der Waals surface area contributed by atoms with E-state index in [1.54, 1.807) is 6.21 Å². The van der Waals surface area contributed by atoms with Gasteiger partial charge in [0.1, 0.15) is 11.5 Å². The smallest absolute Gasteiger partial charge is 0.253 e. The molecule has 0 saturated carbocycles. The molecular formula is C22H20N2O2S. The number of benzene rings is 3. The fourth-order valence-electron chi connectivity index (χ4n) is 2.30. The van der Waals surface area contributed by atoms with Crippen molar-refractivity contribution < 1.29 is 9.53 Å². The van der Waals surface area contributed by atoms with Gasteiger partial charge in [0, 0.05) is 4.90 Å². The lowest BCUT2D eigenvalue weighted by Gasteiger charge is -2.09. The lowest BCUT2D eigenvalue weighted by Crippen LogP contribution is -2.26. The Morgan fingerprint density at radius 1 is 0.963 bits per heavy atom. The summed E-state index contributed by atoms with van der Waals surface area (Å²) in [5, 5.41) is 3.82. The van der Waals surface area contributed by atoms with Crippen LogP contribution in [-0.2, 0) is 4.79 Å². The third-order valence-electron chi connectivity index (χ3n) is 3.65. The average Bonchev–Trinajstić information content (AvgIpc) is 2.70. The van der Waals surface area contributed by atoms with Crippen LogP contribution in [-0.4, -0.2) is 17.4 Å². The van der Waals surface area contributed by atoms with Crippen LogP contribution in [0.2, 0.25) is 0 Å². The molecule has 3 rings (SSSR count). The second-order valence-corrected chi connectivity index (χ2v) is 7.21. The fourth-order valence-corrected chi connectivity index (χ4v) is 3.18. The van der Waals surface area contributed by atoms with E-state index in [1.165, 1.54) is 11.8 Å². The number of carbonyl (C=O) groups is 1. The summed E-state index contributed by atoms with van der Waals surface area (Å²) in [6.07, 6.45) is 1.61. The molecule has 1 N–H and O–H groups in total. The third-order valence-corrected chi connectivity index (χ3v) is 4.76. The van der Waals surface area contributed by atoms with E-state index in [2.05, 4.69) is 10.5 Å². The van der Waals surface area contributed by atoms with Gasteiger partial charge in [0.15, 0.2) is 0 Å². The van der Waals surface area contributed by atoms with Crippen LogP contribution in [0, 0.1) is 0 Å². The minimum atomic E-state index is -0.239. The second-order valence-electron chi connectivity index (χ2n) is 5.79. The highest BCUT2D eigenvalue weighted by atomic mass is 32.2. The number of nitrogens with zero attached hydrogens (tertiary/aromatic N) is 1. The Bertz CT molecular complexity index is 898. The summed E-state index contributed by atoms with van der Waals surface area (Å²) in [4.78, 5) is 13.2. The van der Waals surface area contributed by atoms with Crippen molar-refractivity contribution in [2.24, 2.45) is 5.10 Å². The van der Waals surface area contributed by atoms with Gasteiger partial charge in [-0.25, -0.2) is 5.43 Å². The molecule has 1 unspecified atom stereocenters. The molecule has 0 aromatic heterocycles. The zero-order chi connectivity index (χ0) is 18.9. The van der Waals surface area contributed by atoms with Crippen LogP contribution >= 0.6 is 11.8 Å². The van der Waals surface area contributed by atoms with Gasteiger partial charge in [-0.3, -0.25) is 4.79 Å². The lowest BCUT2D eigenvalue weighted by molar-refractivity contribution is -0.120. The number of carbonyl (C=O) groups excluding carboxylic acids is 1. The van der Waals surface area contributed by atoms with Crippen molar-refractivity contribution in [3.8, 4) is 11.5 Å². The van der Waals surface area contributed by atoms with Crippen molar-refractivity contribution in [3.05, 3.63) is 90.5 Å². The zero-order valence-electron chi connectivity index (χ0n) is 14.9. The molecular weight excluding hydrogens is 356 g/mol. The van der Waals surface area contributed by atoms with E-state index in [0.29, 0.717) is 5.75 Å². The van der Waals surface area contributed by atoms with Crippen LogP contribution in [0.5, 0.6) is 11.5 Å². The SMILES string of the molecule is CC(Sc1ccccc1)C(=O)NN=Cc1cccc(Oc2ccccc2)c1. The average molecular weight is 376 g/mol. The van der Waals surface area contributed by atoms with Gasteiger partial charge in [0.25, 0.3) is 5.91 Å². The molecule has 0 aliphatic heterocycles. The summed E-state index contributed by atoms with van der Waals surface area (Å²) in [6.45, 7) is 1.86. The van der Waals surface area contributed by atoms with E-state index in [-0.39, 0.29) is 11.2 Å². The molecule has 0 heterocycles. The standard InChI is InChI=1S/C22H20N2O2S/c1-17(27-21-13-6-3-7-14-21)22(25)24-23-16-18-9-8-12-20(15-18)26-19-10-4-2-5-11-19/h2-17H,1H3,(H,24,25). The predicted molar refractivity (Wildman–Crippen MR) is 110 cm³/mol. The topological polar surface area (TPSA) is 50.7 Å². The van der Waals surface area contributed by atoms with Gasteiger partial charge in [-0.1, -0.05) is 48.5 Å². The first kappa shape index (κ1) is 18.7.